The SMILES string of the molecule is CC(C)CCc1ccc(Cc2ccc(CCC(C)C)c(CCC(C)C)c2N=C=O)c(N=C=O)c1CCC(C)C. The minimum absolute atomic E-state index is 0.551. The van der Waals surface area contributed by atoms with Crippen molar-refractivity contribution in [1.82, 2.24) is 0 Å². The van der Waals surface area contributed by atoms with Crippen LogP contribution in [0.2, 0.25) is 0 Å². The van der Waals surface area contributed by atoms with Gasteiger partial charge in [0.05, 0.1) is 11.4 Å². The van der Waals surface area contributed by atoms with Crippen LogP contribution < -0.4 is 0 Å². The van der Waals surface area contributed by atoms with Gasteiger partial charge in [-0.15, -0.1) is 0 Å². The first-order chi connectivity index (χ1) is 18.6. The number of hydrogen-bond acceptors (Lipinski definition) is 4. The van der Waals surface area contributed by atoms with E-state index in [-0.39, 0.29) is 0 Å². The highest BCUT2D eigenvalue weighted by Crippen LogP contribution is 2.37. The summed E-state index contributed by atoms with van der Waals surface area (Å²) in [5.41, 5.74) is 8.35. The molecule has 0 radical (unpaired) electrons. The molecule has 2 aromatic rings. The molecule has 0 N–H and O–H groups in total. The number of hydrogen-bond donors (Lipinski definition) is 0. The van der Waals surface area contributed by atoms with Gasteiger partial charge in [-0.2, -0.15) is 9.98 Å². The zero-order valence-electron chi connectivity index (χ0n) is 25.7. The van der Waals surface area contributed by atoms with E-state index in [4.69, 9.17) is 0 Å². The first-order valence-electron chi connectivity index (χ1n) is 15.0. The lowest BCUT2D eigenvalue weighted by Crippen LogP contribution is -2.05. The average molecular weight is 531 g/mol. The molecule has 0 atom stereocenters. The predicted octanol–water partition coefficient (Wildman–Crippen LogP) is 9.57. The van der Waals surface area contributed by atoms with E-state index in [1.807, 2.05) is 12.2 Å². The van der Waals surface area contributed by atoms with Gasteiger partial charge in [0.2, 0.25) is 12.2 Å². The summed E-state index contributed by atoms with van der Waals surface area (Å²) in [6, 6.07) is 8.66. The molecule has 4 nitrogen and oxygen atoms in total. The number of carbonyl (C=O) groups excluding carboxylic acids is 2. The number of aryl methyl sites for hydroxylation is 2. The average Bonchev–Trinajstić information content (AvgIpc) is 2.86. The van der Waals surface area contributed by atoms with Gasteiger partial charge in [0.25, 0.3) is 0 Å². The Bertz CT molecular complexity index is 1070. The molecule has 0 unspecified atom stereocenters. The Morgan fingerprint density at radius 2 is 0.821 bits per heavy atom. The van der Waals surface area contributed by atoms with Crippen molar-refractivity contribution in [3.63, 3.8) is 0 Å². The molecule has 0 spiro atoms. The molecule has 0 amide bonds. The zero-order chi connectivity index (χ0) is 28.9. The van der Waals surface area contributed by atoms with Crippen molar-refractivity contribution < 1.29 is 9.59 Å². The largest absolute Gasteiger partial charge is 0.240 e. The van der Waals surface area contributed by atoms with Crippen molar-refractivity contribution in [2.24, 2.45) is 33.7 Å². The second-order valence-electron chi connectivity index (χ2n) is 12.7. The van der Waals surface area contributed by atoms with Gasteiger partial charge in [-0.1, -0.05) is 79.7 Å². The normalized spacial score (nSPS) is 11.4. The van der Waals surface area contributed by atoms with Crippen molar-refractivity contribution in [2.45, 2.75) is 113 Å². The monoisotopic (exact) mass is 530 g/mol. The van der Waals surface area contributed by atoms with E-state index in [1.54, 1.807) is 0 Å². The number of isocyanates is 2. The smallest absolute Gasteiger partial charge is 0.211 e. The Hall–Kier alpha value is -2.80. The van der Waals surface area contributed by atoms with Gasteiger partial charge in [0, 0.05) is 6.42 Å². The highest BCUT2D eigenvalue weighted by atomic mass is 16.1. The summed E-state index contributed by atoms with van der Waals surface area (Å²) in [7, 11) is 0. The molecule has 4 heteroatoms. The summed E-state index contributed by atoms with van der Waals surface area (Å²) in [5.74, 6) is 2.30. The van der Waals surface area contributed by atoms with E-state index in [9.17, 15) is 9.59 Å². The number of nitrogens with zero attached hydrogens (tertiary/aromatic N) is 2. The van der Waals surface area contributed by atoms with Crippen molar-refractivity contribution in [2.75, 3.05) is 0 Å². The second-order valence-corrected chi connectivity index (χ2v) is 12.7. The van der Waals surface area contributed by atoms with E-state index >= 15 is 0 Å². The van der Waals surface area contributed by atoms with Crippen LogP contribution in [0.1, 0.15) is 114 Å². The maximum atomic E-state index is 11.6. The van der Waals surface area contributed by atoms with E-state index in [0.29, 0.717) is 30.1 Å². The number of benzene rings is 2. The fourth-order valence-electron chi connectivity index (χ4n) is 5.09. The minimum Gasteiger partial charge on any atom is -0.211 e. The summed E-state index contributed by atoms with van der Waals surface area (Å²) in [4.78, 5) is 31.8. The standard InChI is InChI=1S/C35H50N2O2/c1-24(2)9-13-28-15-17-30(34(36-22-38)32(28)19-11-26(5)6)21-31-18-16-29(14-10-25(3)4)33(20-12-27(7)8)35(31)37-23-39/h15-18,24-27H,9-14,19-21H2,1-8H3. The van der Waals surface area contributed by atoms with Crippen LogP contribution in [0.25, 0.3) is 0 Å². The van der Waals surface area contributed by atoms with Gasteiger partial charge in [-0.3, -0.25) is 0 Å². The number of aliphatic imine (C=N–C) groups is 2. The van der Waals surface area contributed by atoms with Crippen LogP contribution in [-0.2, 0) is 41.7 Å². The van der Waals surface area contributed by atoms with Gasteiger partial charge < -0.3 is 0 Å². The first-order valence-corrected chi connectivity index (χ1v) is 15.0. The Labute approximate surface area is 237 Å². The molecule has 0 saturated carbocycles. The fraction of sp³-hybridized carbons (Fsp3) is 0.600. The summed E-state index contributed by atoms with van der Waals surface area (Å²) >= 11 is 0. The lowest BCUT2D eigenvalue weighted by Gasteiger charge is -2.20. The maximum absolute atomic E-state index is 11.6. The molecule has 0 bridgehead atoms. The zero-order valence-corrected chi connectivity index (χ0v) is 25.7. The van der Waals surface area contributed by atoms with Crippen molar-refractivity contribution in [3.05, 3.63) is 57.6 Å². The van der Waals surface area contributed by atoms with Gasteiger partial charge in [0.15, 0.2) is 0 Å². The lowest BCUT2D eigenvalue weighted by molar-refractivity contribution is 0.563. The lowest BCUT2D eigenvalue weighted by atomic mass is 9.87. The van der Waals surface area contributed by atoms with Crippen molar-refractivity contribution >= 4 is 23.5 Å². The van der Waals surface area contributed by atoms with E-state index in [2.05, 4.69) is 89.6 Å². The van der Waals surface area contributed by atoms with Crippen LogP contribution in [0, 0.1) is 23.7 Å². The summed E-state index contributed by atoms with van der Waals surface area (Å²) in [5, 5.41) is 0. The van der Waals surface area contributed by atoms with Crippen molar-refractivity contribution in [3.8, 4) is 0 Å². The molecule has 0 aliphatic rings. The van der Waals surface area contributed by atoms with Crippen molar-refractivity contribution in [1.29, 1.82) is 0 Å². The Kier molecular flexibility index (Phi) is 13.6. The molecular formula is C35H50N2O2. The molecule has 0 aliphatic carbocycles. The second kappa shape index (κ2) is 16.3. The Morgan fingerprint density at radius 3 is 1.13 bits per heavy atom. The molecule has 0 aromatic heterocycles. The molecule has 2 rings (SSSR count). The van der Waals surface area contributed by atoms with Crippen LogP contribution in [0.4, 0.5) is 11.4 Å². The quantitative estimate of drug-likeness (QED) is 0.160. The topological polar surface area (TPSA) is 58.9 Å². The van der Waals surface area contributed by atoms with E-state index < -0.39 is 0 Å². The third-order valence-corrected chi connectivity index (χ3v) is 7.55. The third kappa shape index (κ3) is 10.4. The maximum Gasteiger partial charge on any atom is 0.240 e. The van der Waals surface area contributed by atoms with Gasteiger partial charge in [0.1, 0.15) is 0 Å². The van der Waals surface area contributed by atoms with Gasteiger partial charge in [-0.25, -0.2) is 9.59 Å². The summed E-state index contributed by atoms with van der Waals surface area (Å²) in [6.07, 6.45) is 12.2. The summed E-state index contributed by atoms with van der Waals surface area (Å²) < 4.78 is 0. The highest BCUT2D eigenvalue weighted by molar-refractivity contribution is 5.66. The minimum atomic E-state index is 0.551. The molecule has 39 heavy (non-hydrogen) atoms. The molecule has 212 valence electrons. The van der Waals surface area contributed by atoms with Crippen LogP contribution >= 0.6 is 0 Å². The van der Waals surface area contributed by atoms with Crippen LogP contribution in [-0.4, -0.2) is 12.2 Å². The van der Waals surface area contributed by atoms with E-state index in [1.165, 1.54) is 22.3 Å². The fourth-order valence-corrected chi connectivity index (χ4v) is 5.09. The molecule has 0 fully saturated rings. The van der Waals surface area contributed by atoms with Crippen LogP contribution in [0.15, 0.2) is 34.3 Å². The summed E-state index contributed by atoms with van der Waals surface area (Å²) in [6.45, 7) is 17.9. The van der Waals surface area contributed by atoms with Gasteiger partial charge >= 0.3 is 0 Å². The van der Waals surface area contributed by atoms with Gasteiger partial charge in [-0.05, 0) is 108 Å². The van der Waals surface area contributed by atoms with Crippen LogP contribution in [0.5, 0.6) is 0 Å². The molecule has 0 heterocycles. The molecular weight excluding hydrogens is 480 g/mol. The molecule has 0 saturated heterocycles. The Morgan fingerprint density at radius 1 is 0.513 bits per heavy atom. The molecule has 2 aromatic carbocycles. The third-order valence-electron chi connectivity index (χ3n) is 7.55. The number of rotatable bonds is 16. The van der Waals surface area contributed by atoms with E-state index in [0.717, 1.165) is 73.9 Å². The molecule has 0 aliphatic heterocycles. The Balaban J connectivity index is 2.66. The van der Waals surface area contributed by atoms with Crippen LogP contribution in [0.3, 0.4) is 0 Å². The first kappa shape index (κ1) is 32.4. The predicted molar refractivity (Wildman–Crippen MR) is 164 cm³/mol. The highest BCUT2D eigenvalue weighted by Gasteiger charge is 2.19.